The zero-order valence-corrected chi connectivity index (χ0v) is 59.4. The monoisotopic (exact) mass is 1310 g/mol. The Balaban J connectivity index is 5.17. The third kappa shape index (κ3) is 64.6. The predicted octanol–water partition coefficient (Wildman–Crippen LogP) is 20.1. The highest BCUT2D eigenvalue weighted by Gasteiger charge is 2.30. The predicted molar refractivity (Wildman–Crippen MR) is 358 cm³/mol. The highest BCUT2D eigenvalue weighted by molar-refractivity contribution is 7.47. The summed E-state index contributed by atoms with van der Waals surface area (Å²) in [5, 5.41) is 10.6. The summed E-state index contributed by atoms with van der Waals surface area (Å²) in [7, 11) is -9.89. The summed E-state index contributed by atoms with van der Waals surface area (Å²) in [5.41, 5.74) is 0. The summed E-state index contributed by atoms with van der Waals surface area (Å²) in [4.78, 5) is 72.3. The Kier molecular flexibility index (Phi) is 62.1. The molecule has 0 amide bonds. The summed E-state index contributed by atoms with van der Waals surface area (Å²) in [5.74, 6) is -1.32. The van der Waals surface area contributed by atoms with Crippen LogP contribution in [0.25, 0.3) is 0 Å². The number of hydrogen-bond acceptors (Lipinski definition) is 15. The number of esters is 4. The third-order valence-electron chi connectivity index (χ3n) is 16.3. The topological polar surface area (TPSA) is 237 Å². The fourth-order valence-electron chi connectivity index (χ4n) is 10.6. The molecular weight excluding hydrogens is 1170 g/mol. The Bertz CT molecular complexity index is 1720. The lowest BCUT2D eigenvalue weighted by atomic mass is 10.0. The van der Waals surface area contributed by atoms with Gasteiger partial charge in [-0.1, -0.05) is 311 Å². The molecule has 0 heterocycles. The van der Waals surface area contributed by atoms with E-state index in [1.807, 2.05) is 0 Å². The average Bonchev–Trinajstić information content (AvgIpc) is 3.72. The number of unbranched alkanes of at least 4 members (excludes halogenated alkanes) is 42. The van der Waals surface area contributed by atoms with Crippen LogP contribution in [0.1, 0.15) is 362 Å². The molecule has 0 bridgehead atoms. The van der Waals surface area contributed by atoms with Crippen molar-refractivity contribution in [3.8, 4) is 0 Å². The Morgan fingerprint density at radius 3 is 0.764 bits per heavy atom. The molecule has 19 heteroatoms. The summed E-state index contributed by atoms with van der Waals surface area (Å²) in [6.07, 6.45) is 50.1. The number of carbonyl (C=O) groups is 4. The second kappa shape index (κ2) is 63.5. The van der Waals surface area contributed by atoms with E-state index in [4.69, 9.17) is 37.0 Å². The molecule has 2 unspecified atom stereocenters. The van der Waals surface area contributed by atoms with E-state index in [0.29, 0.717) is 25.7 Å². The van der Waals surface area contributed by atoms with E-state index >= 15 is 0 Å². The van der Waals surface area contributed by atoms with E-state index in [0.717, 1.165) is 109 Å². The van der Waals surface area contributed by atoms with Crippen LogP contribution in [0, 0.1) is 5.92 Å². The Hall–Kier alpha value is -1.94. The summed E-state index contributed by atoms with van der Waals surface area (Å²) >= 11 is 0. The van der Waals surface area contributed by atoms with Crippen LogP contribution in [-0.2, 0) is 65.4 Å². The number of aliphatic hydroxyl groups excluding tert-OH is 1. The maximum Gasteiger partial charge on any atom is 0.472 e. The molecule has 0 aliphatic heterocycles. The molecule has 3 N–H and O–H groups in total. The standard InChI is InChI=1S/C70H136O17P2/c1-6-9-12-15-18-21-22-23-25-29-32-35-40-44-49-54-68(73)81-60-66(87-70(75)56-51-46-41-36-33-30-27-24-26-28-31-34-37-42-47-52-63(4)5)62-85-89(78,79)83-58-64(71)57-82-88(76,77)84-61-65(86-69(74)55-50-45-39-20-17-14-11-8-3)59-80-67(72)53-48-43-38-19-16-13-10-7-2/h63-66,71H,6-62H2,1-5H3,(H,76,77)(H,78,79)/t64-,65+,66+/m0/s1. The van der Waals surface area contributed by atoms with Gasteiger partial charge in [-0.05, 0) is 31.6 Å². The van der Waals surface area contributed by atoms with Crippen LogP contribution in [-0.4, -0.2) is 96.7 Å². The van der Waals surface area contributed by atoms with Crippen molar-refractivity contribution in [2.45, 2.75) is 380 Å². The van der Waals surface area contributed by atoms with Crippen LogP contribution in [0.4, 0.5) is 0 Å². The first-order chi connectivity index (χ1) is 43.0. The van der Waals surface area contributed by atoms with Gasteiger partial charge in [0.05, 0.1) is 26.4 Å². The van der Waals surface area contributed by atoms with Crippen molar-refractivity contribution < 1.29 is 80.2 Å². The zero-order chi connectivity index (χ0) is 65.6. The number of phosphoric acid groups is 2. The molecule has 0 fully saturated rings. The van der Waals surface area contributed by atoms with Crippen LogP contribution in [0.15, 0.2) is 0 Å². The van der Waals surface area contributed by atoms with Crippen LogP contribution >= 0.6 is 15.6 Å². The van der Waals surface area contributed by atoms with Crippen molar-refractivity contribution in [3.05, 3.63) is 0 Å². The second-order valence-corrected chi connectivity index (χ2v) is 28.7. The molecule has 17 nitrogen and oxygen atoms in total. The van der Waals surface area contributed by atoms with Crippen molar-refractivity contribution in [1.29, 1.82) is 0 Å². The van der Waals surface area contributed by atoms with Crippen molar-refractivity contribution >= 4 is 39.5 Å². The Morgan fingerprint density at radius 1 is 0.303 bits per heavy atom. The fourth-order valence-corrected chi connectivity index (χ4v) is 12.2. The average molecular weight is 1310 g/mol. The van der Waals surface area contributed by atoms with Crippen molar-refractivity contribution in [1.82, 2.24) is 0 Å². The normalized spacial score (nSPS) is 14.1. The highest BCUT2D eigenvalue weighted by atomic mass is 31.2. The van der Waals surface area contributed by atoms with Crippen LogP contribution in [0.5, 0.6) is 0 Å². The SMILES string of the molecule is CCCCCCCCCCCCCCCCCC(=O)OC[C@H](COP(=O)(O)OC[C@@H](O)COP(=O)(O)OC[C@@H](COC(=O)CCCCCCCCCC)OC(=O)CCCCCCCCCC)OC(=O)CCCCCCCCCCCCCCCCCC(C)C. The smallest absolute Gasteiger partial charge is 0.462 e. The number of aliphatic hydroxyl groups is 1. The Morgan fingerprint density at radius 2 is 0.517 bits per heavy atom. The van der Waals surface area contributed by atoms with Crippen molar-refractivity contribution in [2.75, 3.05) is 39.6 Å². The number of ether oxygens (including phenoxy) is 4. The van der Waals surface area contributed by atoms with Gasteiger partial charge in [-0.2, -0.15) is 0 Å². The molecule has 0 aromatic carbocycles. The van der Waals surface area contributed by atoms with Gasteiger partial charge >= 0.3 is 39.5 Å². The molecule has 528 valence electrons. The summed E-state index contributed by atoms with van der Waals surface area (Å²) < 4.78 is 68.1. The van der Waals surface area contributed by atoms with E-state index in [1.165, 1.54) is 173 Å². The van der Waals surface area contributed by atoms with Gasteiger partial charge in [0.1, 0.15) is 19.3 Å². The minimum absolute atomic E-state index is 0.105. The lowest BCUT2D eigenvalue weighted by molar-refractivity contribution is -0.161. The first-order valence-electron chi connectivity index (χ1n) is 36.6. The number of rotatable bonds is 70. The van der Waals surface area contributed by atoms with Gasteiger partial charge in [0.2, 0.25) is 0 Å². The maximum atomic E-state index is 13.0. The van der Waals surface area contributed by atoms with E-state index in [2.05, 4.69) is 34.6 Å². The zero-order valence-electron chi connectivity index (χ0n) is 57.6. The van der Waals surface area contributed by atoms with Crippen molar-refractivity contribution in [2.24, 2.45) is 5.92 Å². The molecule has 0 aromatic rings. The molecule has 5 atom stereocenters. The van der Waals surface area contributed by atoms with E-state index in [-0.39, 0.29) is 25.7 Å². The van der Waals surface area contributed by atoms with Gasteiger partial charge in [0.15, 0.2) is 12.2 Å². The van der Waals surface area contributed by atoms with Gasteiger partial charge in [0.25, 0.3) is 0 Å². The maximum absolute atomic E-state index is 13.0. The van der Waals surface area contributed by atoms with Gasteiger partial charge in [-0.25, -0.2) is 9.13 Å². The summed E-state index contributed by atoms with van der Waals surface area (Å²) in [6.45, 7) is 7.22. The first-order valence-corrected chi connectivity index (χ1v) is 39.6. The van der Waals surface area contributed by atoms with Crippen LogP contribution < -0.4 is 0 Å². The largest absolute Gasteiger partial charge is 0.472 e. The highest BCUT2D eigenvalue weighted by Crippen LogP contribution is 2.45. The van der Waals surface area contributed by atoms with Gasteiger partial charge in [-0.15, -0.1) is 0 Å². The minimum Gasteiger partial charge on any atom is -0.462 e. The minimum atomic E-state index is -4.95. The third-order valence-corrected chi connectivity index (χ3v) is 18.2. The van der Waals surface area contributed by atoms with Crippen LogP contribution in [0.2, 0.25) is 0 Å². The molecule has 89 heavy (non-hydrogen) atoms. The molecule has 0 aromatic heterocycles. The van der Waals surface area contributed by atoms with Crippen molar-refractivity contribution in [3.63, 3.8) is 0 Å². The molecule has 0 aliphatic rings. The molecule has 0 saturated heterocycles. The lowest BCUT2D eigenvalue weighted by Gasteiger charge is -2.21. The van der Waals surface area contributed by atoms with Crippen LogP contribution in [0.3, 0.4) is 0 Å². The van der Waals surface area contributed by atoms with Gasteiger partial charge in [0, 0.05) is 25.7 Å². The van der Waals surface area contributed by atoms with E-state index in [9.17, 15) is 43.2 Å². The molecule has 0 aliphatic carbocycles. The molecular formula is C70H136O17P2. The van der Waals surface area contributed by atoms with E-state index in [1.54, 1.807) is 0 Å². The number of hydrogen-bond donors (Lipinski definition) is 3. The first kappa shape index (κ1) is 87.1. The number of phosphoric ester groups is 2. The van der Waals surface area contributed by atoms with Gasteiger partial charge in [-0.3, -0.25) is 37.3 Å². The second-order valence-electron chi connectivity index (χ2n) is 25.7. The lowest BCUT2D eigenvalue weighted by Crippen LogP contribution is -2.30. The van der Waals surface area contributed by atoms with Gasteiger partial charge < -0.3 is 33.8 Å². The number of carbonyl (C=O) groups excluding carboxylic acids is 4. The molecule has 0 spiro atoms. The summed E-state index contributed by atoms with van der Waals surface area (Å²) in [6, 6.07) is 0. The Labute approximate surface area is 543 Å². The quantitative estimate of drug-likeness (QED) is 0.0222. The molecule has 0 rings (SSSR count). The van der Waals surface area contributed by atoms with E-state index < -0.39 is 97.5 Å². The molecule has 0 radical (unpaired) electrons. The molecule has 0 saturated carbocycles. The fraction of sp³-hybridized carbons (Fsp3) is 0.943.